The predicted octanol–water partition coefficient (Wildman–Crippen LogP) is 3.48. The number of pyridine rings is 2. The summed E-state index contributed by atoms with van der Waals surface area (Å²) in [6.45, 7) is 3.28. The number of nitrogens with one attached hydrogen (secondary N) is 1. The molecule has 0 aliphatic carbocycles. The van der Waals surface area contributed by atoms with Crippen LogP contribution in [0.15, 0.2) is 59.8 Å². The zero-order valence-corrected chi connectivity index (χ0v) is 19.5. The molecule has 4 rings (SSSR count). The molecule has 1 aromatic carbocycles. The fourth-order valence-corrected chi connectivity index (χ4v) is 3.89. The maximum Gasteiger partial charge on any atom is 0.266 e. The van der Waals surface area contributed by atoms with Crippen LogP contribution in [0.25, 0.3) is 16.6 Å². The Kier molecular flexibility index (Phi) is 6.45. The Hall–Kier alpha value is -2.91. The first-order valence-electron chi connectivity index (χ1n) is 10.3. The van der Waals surface area contributed by atoms with Gasteiger partial charge < -0.3 is 15.5 Å². The van der Waals surface area contributed by atoms with Crippen LogP contribution in [0, 0.1) is 0 Å². The molecule has 0 aliphatic rings. The quantitative estimate of drug-likeness (QED) is 0.368. The Labute approximate surface area is 200 Å². The van der Waals surface area contributed by atoms with E-state index in [4.69, 9.17) is 23.2 Å². The van der Waals surface area contributed by atoms with Crippen molar-refractivity contribution in [3.63, 3.8) is 0 Å². The molecule has 33 heavy (non-hydrogen) atoms. The van der Waals surface area contributed by atoms with E-state index < -0.39 is 11.6 Å². The summed E-state index contributed by atoms with van der Waals surface area (Å²) in [5.74, 6) is 0.358. The topological polar surface area (TPSA) is 105 Å². The van der Waals surface area contributed by atoms with Crippen LogP contribution in [0.5, 0.6) is 0 Å². The Morgan fingerprint density at radius 2 is 1.91 bits per heavy atom. The maximum absolute atomic E-state index is 13.3. The van der Waals surface area contributed by atoms with Gasteiger partial charge in [-0.05, 0) is 31.5 Å². The normalized spacial score (nSPS) is 12.8. The number of nitrogens with zero attached hydrogens (tertiary/aromatic N) is 4. The molecule has 0 fully saturated rings. The minimum Gasteiger partial charge on any atom is -0.394 e. The molecular weight excluding hydrogens is 465 g/mol. The van der Waals surface area contributed by atoms with Gasteiger partial charge in [-0.15, -0.1) is 0 Å². The van der Waals surface area contributed by atoms with E-state index in [1.54, 1.807) is 36.9 Å². The molecular formula is C23H23Cl2N5O3. The zero-order valence-electron chi connectivity index (χ0n) is 18.0. The fourth-order valence-electron chi connectivity index (χ4n) is 3.50. The van der Waals surface area contributed by atoms with E-state index >= 15 is 0 Å². The number of aliphatic hydroxyl groups is 2. The molecule has 10 heteroatoms. The van der Waals surface area contributed by atoms with Gasteiger partial charge in [0.2, 0.25) is 0 Å². The van der Waals surface area contributed by atoms with Gasteiger partial charge in [0.1, 0.15) is 5.82 Å². The molecule has 0 saturated carbocycles. The van der Waals surface area contributed by atoms with E-state index in [-0.39, 0.29) is 17.2 Å². The van der Waals surface area contributed by atoms with Crippen molar-refractivity contribution in [1.29, 1.82) is 0 Å². The first-order valence-corrected chi connectivity index (χ1v) is 11.0. The average molecular weight is 488 g/mol. The average Bonchev–Trinajstić information content (AvgIpc) is 3.18. The van der Waals surface area contributed by atoms with Gasteiger partial charge in [-0.1, -0.05) is 41.4 Å². The van der Waals surface area contributed by atoms with Crippen LogP contribution in [0.1, 0.15) is 19.4 Å². The van der Waals surface area contributed by atoms with Crippen LogP contribution in [0.3, 0.4) is 0 Å². The second-order valence-corrected chi connectivity index (χ2v) is 9.05. The van der Waals surface area contributed by atoms with Gasteiger partial charge in [0.05, 0.1) is 58.8 Å². The number of halogens is 2. The van der Waals surface area contributed by atoms with E-state index in [1.165, 1.54) is 17.0 Å². The number of hydrogen-bond acceptors (Lipinski definition) is 6. The molecule has 0 amide bonds. The molecule has 0 saturated heterocycles. The van der Waals surface area contributed by atoms with Gasteiger partial charge >= 0.3 is 0 Å². The van der Waals surface area contributed by atoms with Crippen molar-refractivity contribution in [3.05, 3.63) is 81.0 Å². The Balaban J connectivity index is 1.71. The first-order chi connectivity index (χ1) is 15.7. The highest BCUT2D eigenvalue weighted by Gasteiger charge is 2.26. The van der Waals surface area contributed by atoms with Gasteiger partial charge in [-0.25, -0.2) is 4.98 Å². The van der Waals surface area contributed by atoms with Gasteiger partial charge in [0.25, 0.3) is 5.56 Å². The number of benzene rings is 1. The number of aliphatic hydroxyl groups excluding tert-OH is 1. The van der Waals surface area contributed by atoms with Crippen molar-refractivity contribution in [2.75, 3.05) is 11.9 Å². The van der Waals surface area contributed by atoms with Crippen molar-refractivity contribution in [2.45, 2.75) is 32.0 Å². The van der Waals surface area contributed by atoms with Crippen molar-refractivity contribution in [3.8, 4) is 5.69 Å². The maximum atomic E-state index is 13.3. The summed E-state index contributed by atoms with van der Waals surface area (Å²) in [6.07, 6.45) is 4.56. The highest BCUT2D eigenvalue weighted by molar-refractivity contribution is 6.32. The third kappa shape index (κ3) is 4.74. The molecule has 0 aliphatic heterocycles. The number of anilines is 1. The predicted molar refractivity (Wildman–Crippen MR) is 129 cm³/mol. The van der Waals surface area contributed by atoms with E-state index in [0.29, 0.717) is 34.0 Å². The molecule has 0 spiro atoms. The highest BCUT2D eigenvalue weighted by atomic mass is 35.5. The van der Waals surface area contributed by atoms with Crippen LogP contribution in [-0.2, 0) is 6.54 Å². The van der Waals surface area contributed by atoms with Gasteiger partial charge in [-0.2, -0.15) is 5.10 Å². The van der Waals surface area contributed by atoms with E-state index in [9.17, 15) is 15.0 Å². The summed E-state index contributed by atoms with van der Waals surface area (Å²) in [4.78, 5) is 17.5. The number of aromatic nitrogens is 4. The Morgan fingerprint density at radius 1 is 1.15 bits per heavy atom. The van der Waals surface area contributed by atoms with Gasteiger partial charge in [0, 0.05) is 17.3 Å². The van der Waals surface area contributed by atoms with Crippen LogP contribution in [0.4, 0.5) is 5.82 Å². The lowest BCUT2D eigenvalue weighted by Gasteiger charge is -2.29. The number of rotatable bonds is 7. The van der Waals surface area contributed by atoms with Crippen molar-refractivity contribution < 1.29 is 10.2 Å². The van der Waals surface area contributed by atoms with Crippen LogP contribution < -0.4 is 10.9 Å². The monoisotopic (exact) mass is 487 g/mol. The summed E-state index contributed by atoms with van der Waals surface area (Å²) < 4.78 is 3.13. The summed E-state index contributed by atoms with van der Waals surface area (Å²) >= 11 is 12.6. The zero-order chi connectivity index (χ0) is 23.8. The molecule has 4 aromatic rings. The minimum absolute atomic E-state index is 0.272. The van der Waals surface area contributed by atoms with Crippen LogP contribution in [0.2, 0.25) is 10.0 Å². The Bertz CT molecular complexity index is 1360. The van der Waals surface area contributed by atoms with Crippen molar-refractivity contribution >= 4 is 39.9 Å². The summed E-state index contributed by atoms with van der Waals surface area (Å²) in [7, 11) is 0. The molecule has 0 radical (unpaired) electrons. The molecule has 0 unspecified atom stereocenters. The molecule has 0 bridgehead atoms. The third-order valence-electron chi connectivity index (χ3n) is 5.44. The molecule has 8 nitrogen and oxygen atoms in total. The molecule has 3 N–H and O–H groups in total. The largest absolute Gasteiger partial charge is 0.394 e. The fraction of sp³-hybridized carbons (Fsp3) is 0.261. The Morgan fingerprint density at radius 3 is 2.61 bits per heavy atom. The third-order valence-corrected chi connectivity index (χ3v) is 6.10. The molecule has 172 valence electrons. The second kappa shape index (κ2) is 9.15. The first kappa shape index (κ1) is 23.3. The van der Waals surface area contributed by atoms with Crippen molar-refractivity contribution in [2.24, 2.45) is 0 Å². The lowest BCUT2D eigenvalue weighted by molar-refractivity contribution is 0.0378. The van der Waals surface area contributed by atoms with Crippen molar-refractivity contribution in [1.82, 2.24) is 19.3 Å². The minimum atomic E-state index is -1.19. The van der Waals surface area contributed by atoms with Crippen LogP contribution >= 0.6 is 23.2 Å². The molecule has 1 atom stereocenters. The summed E-state index contributed by atoms with van der Waals surface area (Å²) in [5, 5.41) is 28.5. The SMILES string of the molecule is CC(C)(O)[C@@H](CO)Nc1cc(-n2ccc3c(cnn3Cc3ccccc3Cl)c2=O)c(Cl)cn1. The number of fused-ring (bicyclic) bond motifs is 1. The van der Waals surface area contributed by atoms with Gasteiger partial charge in [0.15, 0.2) is 0 Å². The molecule has 3 heterocycles. The summed E-state index contributed by atoms with van der Waals surface area (Å²) in [5.41, 5.74) is 0.487. The second-order valence-electron chi connectivity index (χ2n) is 8.24. The lowest BCUT2D eigenvalue weighted by atomic mass is 10.00. The number of hydrogen-bond donors (Lipinski definition) is 3. The summed E-state index contributed by atoms with van der Waals surface area (Å²) in [6, 6.07) is 10.2. The highest BCUT2D eigenvalue weighted by Crippen LogP contribution is 2.24. The molecule has 3 aromatic heterocycles. The van der Waals surface area contributed by atoms with E-state index in [0.717, 1.165) is 5.56 Å². The van der Waals surface area contributed by atoms with E-state index in [2.05, 4.69) is 15.4 Å². The standard InChI is InChI=1S/C23H23Cl2N5O3/c1-23(2,33)20(13-31)28-21-9-19(17(25)11-26-21)29-8-7-18-15(22(29)32)10-27-30(18)12-14-5-3-4-6-16(14)24/h3-11,20,31,33H,12-13H2,1-2H3,(H,26,28)/t20-/m1/s1. The van der Waals surface area contributed by atoms with Gasteiger partial charge in [-0.3, -0.25) is 14.0 Å². The van der Waals surface area contributed by atoms with Crippen LogP contribution in [-0.4, -0.2) is 47.8 Å². The smallest absolute Gasteiger partial charge is 0.266 e. The van der Waals surface area contributed by atoms with E-state index in [1.807, 2.05) is 24.3 Å². The lowest BCUT2D eigenvalue weighted by Crippen LogP contribution is -2.44.